The van der Waals surface area contributed by atoms with E-state index in [-0.39, 0.29) is 26.0 Å². The Labute approximate surface area is 133 Å². The number of nitrogens with one attached hydrogen (secondary N) is 1. The van der Waals surface area contributed by atoms with Crippen LogP contribution in [-0.4, -0.2) is 29.5 Å². The number of hydrogen-bond donors (Lipinski definition) is 2. The number of anilines is 1. The molecule has 0 saturated heterocycles. The molecule has 0 saturated carbocycles. The Morgan fingerprint density at radius 3 is 2.62 bits per heavy atom. The van der Waals surface area contributed by atoms with E-state index in [0.29, 0.717) is 0 Å². The van der Waals surface area contributed by atoms with E-state index >= 15 is 0 Å². The lowest BCUT2D eigenvalue weighted by Crippen LogP contribution is -2.15. The first-order valence-corrected chi connectivity index (χ1v) is 7.99. The Hall–Kier alpha value is -1.71. The van der Waals surface area contributed by atoms with Crippen molar-refractivity contribution >= 4 is 49.3 Å². The summed E-state index contributed by atoms with van der Waals surface area (Å²) in [5, 5.41) is 8.75. The van der Waals surface area contributed by atoms with Gasteiger partial charge in [0.2, 0.25) is 5.28 Å². The highest BCUT2D eigenvalue weighted by Gasteiger charge is 2.20. The van der Waals surface area contributed by atoms with Crippen LogP contribution in [0.4, 0.5) is 5.82 Å². The van der Waals surface area contributed by atoms with E-state index in [4.69, 9.17) is 16.7 Å². The van der Waals surface area contributed by atoms with Gasteiger partial charge in [-0.2, -0.15) is 4.98 Å². The summed E-state index contributed by atoms with van der Waals surface area (Å²) in [5.41, 5.74) is -0.0362. The van der Waals surface area contributed by atoms with Gasteiger partial charge in [-0.15, -0.1) is 0 Å². The van der Waals surface area contributed by atoms with Gasteiger partial charge in [-0.25, -0.2) is 18.2 Å². The van der Waals surface area contributed by atoms with E-state index in [9.17, 15) is 13.2 Å². The molecule has 110 valence electrons. The molecule has 1 heterocycles. The number of halogens is 2. The minimum atomic E-state index is -3.94. The maximum absolute atomic E-state index is 12.2. The van der Waals surface area contributed by atoms with Crippen molar-refractivity contribution in [2.24, 2.45) is 0 Å². The summed E-state index contributed by atoms with van der Waals surface area (Å²) in [6.45, 7) is 0. The van der Waals surface area contributed by atoms with Gasteiger partial charge in [0.15, 0.2) is 0 Å². The molecule has 0 aliphatic rings. The molecular weight excluding hydrogens is 386 g/mol. The van der Waals surface area contributed by atoms with Crippen LogP contribution in [0.25, 0.3) is 0 Å². The molecule has 0 aliphatic heterocycles. The summed E-state index contributed by atoms with van der Waals surface area (Å²) in [6, 6.07) is 4.90. The van der Waals surface area contributed by atoms with E-state index in [1.165, 1.54) is 30.5 Å². The number of nitrogens with zero attached hydrogens (tertiary/aromatic N) is 2. The second-order valence-electron chi connectivity index (χ2n) is 3.77. The molecule has 2 rings (SSSR count). The van der Waals surface area contributed by atoms with Gasteiger partial charge < -0.3 is 5.11 Å². The fraction of sp³-hybridized carbons (Fsp3) is 0. The first-order chi connectivity index (χ1) is 9.79. The number of benzene rings is 1. The quantitative estimate of drug-likeness (QED) is 0.773. The number of carbonyl (C=O) groups is 1. The van der Waals surface area contributed by atoms with Crippen molar-refractivity contribution < 1.29 is 18.3 Å². The van der Waals surface area contributed by atoms with Crippen LogP contribution in [0.5, 0.6) is 0 Å². The maximum Gasteiger partial charge on any atom is 0.335 e. The smallest absolute Gasteiger partial charge is 0.335 e. The molecule has 10 heteroatoms. The zero-order valence-corrected chi connectivity index (χ0v) is 13.3. The van der Waals surface area contributed by atoms with Crippen molar-refractivity contribution in [2.75, 3.05) is 4.72 Å². The fourth-order valence-corrected chi connectivity index (χ4v) is 3.66. The predicted octanol–water partition coefficient (Wildman–Crippen LogP) is 2.39. The van der Waals surface area contributed by atoms with Gasteiger partial charge in [0.1, 0.15) is 10.7 Å². The van der Waals surface area contributed by atoms with Crippen LogP contribution < -0.4 is 4.72 Å². The van der Waals surface area contributed by atoms with E-state index in [1.54, 1.807) is 0 Å². The fourth-order valence-electron chi connectivity index (χ4n) is 1.44. The summed E-state index contributed by atoms with van der Waals surface area (Å²) in [7, 11) is -3.94. The maximum atomic E-state index is 12.2. The Bertz CT molecular complexity index is 813. The van der Waals surface area contributed by atoms with E-state index in [2.05, 4.69) is 30.6 Å². The Morgan fingerprint density at radius 1 is 1.33 bits per heavy atom. The van der Waals surface area contributed by atoms with Gasteiger partial charge in [0.05, 0.1) is 5.56 Å². The molecule has 0 unspecified atom stereocenters. The zero-order valence-electron chi connectivity index (χ0n) is 10.1. The van der Waals surface area contributed by atoms with Gasteiger partial charge >= 0.3 is 5.97 Å². The Balaban J connectivity index is 2.38. The van der Waals surface area contributed by atoms with E-state index in [1.807, 2.05) is 0 Å². The topological polar surface area (TPSA) is 109 Å². The number of carboxylic acid groups (broad SMARTS) is 1. The molecule has 1 aromatic heterocycles. The van der Waals surface area contributed by atoms with Crippen LogP contribution in [0.2, 0.25) is 5.28 Å². The van der Waals surface area contributed by atoms with Crippen molar-refractivity contribution in [2.45, 2.75) is 4.90 Å². The highest BCUT2D eigenvalue weighted by molar-refractivity contribution is 9.10. The molecule has 2 N–H and O–H groups in total. The number of carboxylic acids is 1. The largest absolute Gasteiger partial charge is 0.478 e. The lowest BCUT2D eigenvalue weighted by molar-refractivity contribution is 0.0696. The third-order valence-electron chi connectivity index (χ3n) is 2.33. The molecule has 0 amide bonds. The van der Waals surface area contributed by atoms with Gasteiger partial charge in [-0.1, -0.05) is 0 Å². The summed E-state index contributed by atoms with van der Waals surface area (Å²) in [6.07, 6.45) is 1.30. The van der Waals surface area contributed by atoms with Crippen molar-refractivity contribution in [3.8, 4) is 0 Å². The van der Waals surface area contributed by atoms with Crippen LogP contribution in [0.3, 0.4) is 0 Å². The number of sulfonamides is 1. The number of aromatic carboxylic acids is 1. The van der Waals surface area contributed by atoms with Crippen molar-refractivity contribution in [1.82, 2.24) is 9.97 Å². The van der Waals surface area contributed by atoms with Crippen LogP contribution in [-0.2, 0) is 10.0 Å². The lowest BCUT2D eigenvalue weighted by atomic mass is 10.2. The molecule has 0 aliphatic carbocycles. The Morgan fingerprint density at radius 2 is 2.05 bits per heavy atom. The molecular formula is C11H7BrClN3O4S. The highest BCUT2D eigenvalue weighted by atomic mass is 79.9. The molecule has 21 heavy (non-hydrogen) atoms. The summed E-state index contributed by atoms with van der Waals surface area (Å²) in [5.74, 6) is -1.15. The monoisotopic (exact) mass is 391 g/mol. The first-order valence-electron chi connectivity index (χ1n) is 5.34. The second-order valence-corrected chi connectivity index (χ2v) is 6.61. The molecule has 0 spiro atoms. The van der Waals surface area contributed by atoms with Crippen LogP contribution in [0.1, 0.15) is 10.4 Å². The van der Waals surface area contributed by atoms with Crippen molar-refractivity contribution in [3.63, 3.8) is 0 Å². The van der Waals surface area contributed by atoms with Crippen LogP contribution >= 0.6 is 27.5 Å². The summed E-state index contributed by atoms with van der Waals surface area (Å²) < 4.78 is 26.8. The molecule has 0 atom stereocenters. The van der Waals surface area contributed by atoms with Crippen LogP contribution in [0.15, 0.2) is 39.8 Å². The molecule has 2 aromatic rings. The standard InChI is InChI=1S/C11H7BrClN3O4S/c12-7-5-6(10(17)18)1-2-8(7)21(19,20)16-9-3-4-14-11(13)15-9/h1-5H,(H,17,18)(H,14,15,16). The number of rotatable bonds is 4. The highest BCUT2D eigenvalue weighted by Crippen LogP contribution is 2.25. The third-order valence-corrected chi connectivity index (χ3v) is 4.85. The van der Waals surface area contributed by atoms with Gasteiger partial charge in [0, 0.05) is 10.7 Å². The van der Waals surface area contributed by atoms with Crippen molar-refractivity contribution in [3.05, 3.63) is 45.8 Å². The van der Waals surface area contributed by atoms with E-state index < -0.39 is 16.0 Å². The summed E-state index contributed by atoms with van der Waals surface area (Å²) in [4.78, 5) is 18.1. The lowest BCUT2D eigenvalue weighted by Gasteiger charge is -2.09. The minimum Gasteiger partial charge on any atom is -0.478 e. The van der Waals surface area contributed by atoms with Crippen molar-refractivity contribution in [1.29, 1.82) is 0 Å². The molecule has 7 nitrogen and oxygen atoms in total. The molecule has 0 fully saturated rings. The molecule has 0 bridgehead atoms. The first kappa shape index (κ1) is 15.7. The molecule has 0 radical (unpaired) electrons. The van der Waals surface area contributed by atoms with Gasteiger partial charge in [0.25, 0.3) is 10.0 Å². The zero-order chi connectivity index (χ0) is 15.6. The average molecular weight is 393 g/mol. The number of aromatic nitrogens is 2. The average Bonchev–Trinajstić information content (AvgIpc) is 2.37. The minimum absolute atomic E-state index is 0.00390. The summed E-state index contributed by atoms with van der Waals surface area (Å²) >= 11 is 8.61. The third kappa shape index (κ3) is 3.69. The van der Waals surface area contributed by atoms with Gasteiger partial charge in [-0.3, -0.25) is 4.72 Å². The predicted molar refractivity (Wildman–Crippen MR) is 79.0 cm³/mol. The van der Waals surface area contributed by atoms with Crippen LogP contribution in [0, 0.1) is 0 Å². The molecule has 1 aromatic carbocycles. The van der Waals surface area contributed by atoms with E-state index in [0.717, 1.165) is 0 Å². The number of hydrogen-bond acceptors (Lipinski definition) is 5. The second kappa shape index (κ2) is 5.96. The normalized spacial score (nSPS) is 11.1. The Kier molecular flexibility index (Phi) is 4.45. The van der Waals surface area contributed by atoms with Gasteiger partial charge in [-0.05, 0) is 51.8 Å². The SMILES string of the molecule is O=C(O)c1ccc(S(=O)(=O)Nc2ccnc(Cl)n2)c(Br)c1.